The first-order valence-electron chi connectivity index (χ1n) is 7.04. The standard InChI is InChI=1S/C16H23FN2/c1-3-4-5-6-7-12-16(2,13-18)19-15-10-8-14(17)9-11-15/h8-11,19H,3-7,12H2,1-2H3. The van der Waals surface area contributed by atoms with E-state index in [1.54, 1.807) is 12.1 Å². The van der Waals surface area contributed by atoms with Crippen LogP contribution in [0.2, 0.25) is 0 Å². The molecule has 0 aliphatic rings. The van der Waals surface area contributed by atoms with Crippen LogP contribution in [0.1, 0.15) is 52.4 Å². The lowest BCUT2D eigenvalue weighted by molar-refractivity contribution is 0.521. The second kappa shape index (κ2) is 7.78. The summed E-state index contributed by atoms with van der Waals surface area (Å²) in [5.41, 5.74) is 0.211. The van der Waals surface area contributed by atoms with Gasteiger partial charge in [-0.2, -0.15) is 5.26 Å². The van der Waals surface area contributed by atoms with Crippen LogP contribution in [0, 0.1) is 17.1 Å². The van der Waals surface area contributed by atoms with E-state index in [-0.39, 0.29) is 5.82 Å². The summed E-state index contributed by atoms with van der Waals surface area (Å²) in [7, 11) is 0. The van der Waals surface area contributed by atoms with E-state index in [9.17, 15) is 9.65 Å². The molecule has 1 atom stereocenters. The van der Waals surface area contributed by atoms with Crippen molar-refractivity contribution in [3.05, 3.63) is 30.1 Å². The fourth-order valence-electron chi connectivity index (χ4n) is 2.08. The Kier molecular flexibility index (Phi) is 6.35. The van der Waals surface area contributed by atoms with Crippen molar-refractivity contribution in [2.45, 2.75) is 57.9 Å². The molecule has 0 aliphatic heterocycles. The maximum absolute atomic E-state index is 12.8. The molecule has 1 unspecified atom stereocenters. The molecule has 0 bridgehead atoms. The first-order valence-corrected chi connectivity index (χ1v) is 7.04. The topological polar surface area (TPSA) is 35.8 Å². The van der Waals surface area contributed by atoms with Crippen LogP contribution in [-0.2, 0) is 0 Å². The molecule has 0 amide bonds. The van der Waals surface area contributed by atoms with E-state index in [2.05, 4.69) is 18.3 Å². The number of rotatable bonds is 8. The van der Waals surface area contributed by atoms with Crippen molar-refractivity contribution in [3.8, 4) is 6.07 Å². The van der Waals surface area contributed by atoms with Gasteiger partial charge in [-0.3, -0.25) is 0 Å². The molecule has 19 heavy (non-hydrogen) atoms. The van der Waals surface area contributed by atoms with Crippen LogP contribution in [0.3, 0.4) is 0 Å². The van der Waals surface area contributed by atoms with Crippen molar-refractivity contribution < 1.29 is 4.39 Å². The van der Waals surface area contributed by atoms with Gasteiger partial charge in [-0.25, -0.2) is 4.39 Å². The first-order chi connectivity index (χ1) is 9.09. The van der Waals surface area contributed by atoms with Crippen LogP contribution >= 0.6 is 0 Å². The number of benzene rings is 1. The van der Waals surface area contributed by atoms with Gasteiger partial charge in [0.05, 0.1) is 6.07 Å². The summed E-state index contributed by atoms with van der Waals surface area (Å²) in [6.07, 6.45) is 6.73. The van der Waals surface area contributed by atoms with Crippen LogP contribution < -0.4 is 5.32 Å². The summed E-state index contributed by atoms with van der Waals surface area (Å²) in [6.45, 7) is 4.09. The average Bonchev–Trinajstić information content (AvgIpc) is 2.41. The van der Waals surface area contributed by atoms with Gasteiger partial charge >= 0.3 is 0 Å². The molecular weight excluding hydrogens is 239 g/mol. The molecule has 1 aromatic rings. The van der Waals surface area contributed by atoms with Crippen LogP contribution in [0.4, 0.5) is 10.1 Å². The molecule has 0 saturated carbocycles. The average molecular weight is 262 g/mol. The predicted molar refractivity (Wildman–Crippen MR) is 77.4 cm³/mol. The van der Waals surface area contributed by atoms with Crippen LogP contribution in [0.5, 0.6) is 0 Å². The number of hydrogen-bond donors (Lipinski definition) is 1. The molecule has 3 heteroatoms. The summed E-state index contributed by atoms with van der Waals surface area (Å²) in [5, 5.41) is 12.5. The summed E-state index contributed by atoms with van der Waals surface area (Å²) >= 11 is 0. The zero-order chi connectivity index (χ0) is 14.1. The molecule has 104 valence electrons. The van der Waals surface area contributed by atoms with E-state index in [0.717, 1.165) is 24.9 Å². The predicted octanol–water partition coefficient (Wildman–Crippen LogP) is 4.88. The minimum Gasteiger partial charge on any atom is -0.368 e. The molecule has 0 aliphatic carbocycles. The third-order valence-corrected chi connectivity index (χ3v) is 3.29. The Morgan fingerprint density at radius 3 is 2.37 bits per heavy atom. The third-order valence-electron chi connectivity index (χ3n) is 3.29. The number of halogens is 1. The van der Waals surface area contributed by atoms with Crippen molar-refractivity contribution in [2.24, 2.45) is 0 Å². The molecule has 0 fully saturated rings. The van der Waals surface area contributed by atoms with E-state index < -0.39 is 5.54 Å². The molecule has 0 spiro atoms. The van der Waals surface area contributed by atoms with Crippen molar-refractivity contribution in [1.82, 2.24) is 0 Å². The third kappa shape index (κ3) is 5.74. The van der Waals surface area contributed by atoms with E-state index in [1.165, 1.54) is 31.4 Å². The normalized spacial score (nSPS) is 13.6. The van der Waals surface area contributed by atoms with Gasteiger partial charge in [-0.05, 0) is 37.6 Å². The highest BCUT2D eigenvalue weighted by atomic mass is 19.1. The van der Waals surface area contributed by atoms with Gasteiger partial charge in [0.15, 0.2) is 0 Å². The van der Waals surface area contributed by atoms with Crippen molar-refractivity contribution >= 4 is 5.69 Å². The molecule has 0 radical (unpaired) electrons. The maximum Gasteiger partial charge on any atom is 0.123 e. The maximum atomic E-state index is 12.8. The van der Waals surface area contributed by atoms with Crippen LogP contribution in [0.25, 0.3) is 0 Å². The molecule has 0 aromatic heterocycles. The lowest BCUT2D eigenvalue weighted by atomic mass is 9.95. The molecule has 1 rings (SSSR count). The zero-order valence-electron chi connectivity index (χ0n) is 11.9. The van der Waals surface area contributed by atoms with Gasteiger partial charge in [0.25, 0.3) is 0 Å². The Morgan fingerprint density at radius 2 is 1.79 bits per heavy atom. The Morgan fingerprint density at radius 1 is 1.16 bits per heavy atom. The minimum absolute atomic E-state index is 0.260. The number of nitriles is 1. The van der Waals surface area contributed by atoms with E-state index in [1.807, 2.05) is 6.92 Å². The summed E-state index contributed by atoms with van der Waals surface area (Å²) < 4.78 is 12.8. The Bertz CT molecular complexity index is 408. The second-order valence-electron chi connectivity index (χ2n) is 5.24. The highest BCUT2D eigenvalue weighted by Gasteiger charge is 2.22. The van der Waals surface area contributed by atoms with Gasteiger partial charge in [-0.1, -0.05) is 39.0 Å². The Balaban J connectivity index is 2.46. The summed E-state index contributed by atoms with van der Waals surface area (Å²) in [5.74, 6) is -0.260. The van der Waals surface area contributed by atoms with E-state index in [0.29, 0.717) is 0 Å². The van der Waals surface area contributed by atoms with E-state index in [4.69, 9.17) is 0 Å². The Hall–Kier alpha value is -1.56. The molecule has 0 saturated heterocycles. The van der Waals surface area contributed by atoms with Gasteiger partial charge in [0.1, 0.15) is 11.4 Å². The fraction of sp³-hybridized carbons (Fsp3) is 0.562. The molecule has 2 nitrogen and oxygen atoms in total. The summed E-state index contributed by atoms with van der Waals surface area (Å²) in [6, 6.07) is 8.47. The Labute approximate surface area is 115 Å². The smallest absolute Gasteiger partial charge is 0.123 e. The molecule has 0 heterocycles. The first kappa shape index (κ1) is 15.5. The summed E-state index contributed by atoms with van der Waals surface area (Å²) in [4.78, 5) is 0. The molecule has 1 aromatic carbocycles. The van der Waals surface area contributed by atoms with Crippen molar-refractivity contribution in [2.75, 3.05) is 5.32 Å². The fourth-order valence-corrected chi connectivity index (χ4v) is 2.08. The van der Waals surface area contributed by atoms with Gasteiger partial charge in [-0.15, -0.1) is 0 Å². The van der Waals surface area contributed by atoms with Crippen molar-refractivity contribution in [3.63, 3.8) is 0 Å². The van der Waals surface area contributed by atoms with Crippen LogP contribution in [-0.4, -0.2) is 5.54 Å². The molecular formula is C16H23FN2. The number of anilines is 1. The quantitative estimate of drug-likeness (QED) is 0.678. The number of nitrogens with one attached hydrogen (secondary N) is 1. The van der Waals surface area contributed by atoms with Crippen molar-refractivity contribution in [1.29, 1.82) is 5.26 Å². The lowest BCUT2D eigenvalue weighted by Gasteiger charge is -2.24. The largest absolute Gasteiger partial charge is 0.368 e. The SMILES string of the molecule is CCCCCCCC(C)(C#N)Nc1ccc(F)cc1. The van der Waals surface area contributed by atoms with Gasteiger partial charge in [0.2, 0.25) is 0 Å². The van der Waals surface area contributed by atoms with Gasteiger partial charge < -0.3 is 5.32 Å². The number of hydrogen-bond acceptors (Lipinski definition) is 2. The van der Waals surface area contributed by atoms with E-state index >= 15 is 0 Å². The number of nitrogens with zero attached hydrogens (tertiary/aromatic N) is 1. The zero-order valence-corrected chi connectivity index (χ0v) is 11.9. The second-order valence-corrected chi connectivity index (χ2v) is 5.24. The molecule has 1 N–H and O–H groups in total. The monoisotopic (exact) mass is 262 g/mol. The number of unbranched alkanes of at least 4 members (excludes halogenated alkanes) is 4. The lowest BCUT2D eigenvalue weighted by Crippen LogP contribution is -2.32. The van der Waals surface area contributed by atoms with Crippen LogP contribution in [0.15, 0.2) is 24.3 Å². The minimum atomic E-state index is -0.579. The highest BCUT2D eigenvalue weighted by molar-refractivity contribution is 5.47. The van der Waals surface area contributed by atoms with Gasteiger partial charge in [0, 0.05) is 5.69 Å². The highest BCUT2D eigenvalue weighted by Crippen LogP contribution is 2.21.